The normalized spacial score (nSPS) is 20.5. The van der Waals surface area contributed by atoms with E-state index in [1.165, 1.54) is 12.5 Å². The largest absolute Gasteiger partial charge is 0.335 e. The fourth-order valence-electron chi connectivity index (χ4n) is 3.05. The van der Waals surface area contributed by atoms with Gasteiger partial charge in [0.1, 0.15) is 5.82 Å². The topological polar surface area (TPSA) is 32.3 Å². The molecule has 3 nitrogen and oxygen atoms in total. The van der Waals surface area contributed by atoms with Crippen molar-refractivity contribution in [3.63, 3.8) is 0 Å². The number of hydrogen-bond acceptors (Lipinski definition) is 2. The second kappa shape index (κ2) is 7.93. The molecule has 5 heteroatoms. The second-order valence-electron chi connectivity index (χ2n) is 6.24. The van der Waals surface area contributed by atoms with Gasteiger partial charge in [-0.2, -0.15) is 0 Å². The molecule has 1 aliphatic carbocycles. The minimum atomic E-state index is -0.212. The number of nitrogens with one attached hydrogen (secondary N) is 1. The van der Waals surface area contributed by atoms with Gasteiger partial charge in [-0.1, -0.05) is 18.2 Å². The van der Waals surface area contributed by atoms with Gasteiger partial charge in [-0.15, -0.1) is 12.4 Å². The molecule has 0 spiro atoms. The van der Waals surface area contributed by atoms with Gasteiger partial charge in [-0.05, 0) is 50.8 Å². The minimum absolute atomic E-state index is 0. The molecule has 122 valence electrons. The van der Waals surface area contributed by atoms with Crippen LogP contribution in [0.15, 0.2) is 24.3 Å². The molecule has 1 saturated carbocycles. The first-order chi connectivity index (χ1) is 10.2. The summed E-state index contributed by atoms with van der Waals surface area (Å²) < 4.78 is 13.8. The fourth-order valence-corrected chi connectivity index (χ4v) is 3.05. The van der Waals surface area contributed by atoms with Crippen LogP contribution in [0.3, 0.4) is 0 Å². The van der Waals surface area contributed by atoms with Crippen LogP contribution in [-0.4, -0.2) is 29.9 Å². The molecule has 22 heavy (non-hydrogen) atoms. The van der Waals surface area contributed by atoms with E-state index >= 15 is 0 Å². The molecular formula is C17H24ClFN2O. The number of halogens is 2. The van der Waals surface area contributed by atoms with Gasteiger partial charge in [0.05, 0.1) is 0 Å². The molecule has 1 N–H and O–H groups in total. The minimum Gasteiger partial charge on any atom is -0.335 e. The Morgan fingerprint density at radius 2 is 2.05 bits per heavy atom. The van der Waals surface area contributed by atoms with Crippen LogP contribution in [0.4, 0.5) is 4.39 Å². The molecule has 0 aromatic heterocycles. The lowest BCUT2D eigenvalue weighted by atomic mass is 10.0. The summed E-state index contributed by atoms with van der Waals surface area (Å²) in [5.41, 5.74) is 0.625. The molecule has 2 fully saturated rings. The van der Waals surface area contributed by atoms with Gasteiger partial charge in [-0.25, -0.2) is 4.39 Å². The summed E-state index contributed by atoms with van der Waals surface area (Å²) in [6, 6.07) is 7.10. The number of nitrogens with zero attached hydrogens (tertiary/aromatic N) is 1. The van der Waals surface area contributed by atoms with Gasteiger partial charge in [0.25, 0.3) is 0 Å². The Kier molecular flexibility index (Phi) is 6.21. The van der Waals surface area contributed by atoms with E-state index in [1.807, 2.05) is 11.0 Å². The van der Waals surface area contributed by atoms with Crippen LogP contribution in [0.5, 0.6) is 0 Å². The Morgan fingerprint density at radius 3 is 2.68 bits per heavy atom. The summed E-state index contributed by atoms with van der Waals surface area (Å²) in [6.07, 6.45) is 4.84. The average Bonchev–Trinajstić information content (AvgIpc) is 3.19. The van der Waals surface area contributed by atoms with Crippen molar-refractivity contribution in [2.24, 2.45) is 5.92 Å². The SMILES string of the molecule is Cl.O=C(CCC1CCNC1)N(Cc1ccccc1F)C1CC1. The van der Waals surface area contributed by atoms with Gasteiger partial charge >= 0.3 is 0 Å². The Morgan fingerprint density at radius 1 is 1.27 bits per heavy atom. The molecule has 1 atom stereocenters. The zero-order chi connectivity index (χ0) is 14.7. The maximum absolute atomic E-state index is 13.8. The third-order valence-electron chi connectivity index (χ3n) is 4.54. The lowest BCUT2D eigenvalue weighted by Gasteiger charge is -2.23. The number of benzene rings is 1. The van der Waals surface area contributed by atoms with Crippen molar-refractivity contribution in [2.45, 2.75) is 44.7 Å². The van der Waals surface area contributed by atoms with Crippen molar-refractivity contribution in [1.29, 1.82) is 0 Å². The predicted molar refractivity (Wildman–Crippen MR) is 87.4 cm³/mol. The first-order valence-corrected chi connectivity index (χ1v) is 7.97. The van der Waals surface area contributed by atoms with Crippen LogP contribution in [0, 0.1) is 11.7 Å². The molecule has 0 radical (unpaired) electrons. The summed E-state index contributed by atoms with van der Waals surface area (Å²) in [6.45, 7) is 2.52. The standard InChI is InChI=1S/C17H23FN2O.ClH/c18-16-4-2-1-3-14(16)12-20(15-6-7-15)17(21)8-5-13-9-10-19-11-13;/h1-4,13,15,19H,5-12H2;1H. The van der Waals surface area contributed by atoms with Crippen LogP contribution < -0.4 is 5.32 Å². The molecular weight excluding hydrogens is 303 g/mol. The predicted octanol–water partition coefficient (Wildman–Crippen LogP) is 3.13. The second-order valence-corrected chi connectivity index (χ2v) is 6.24. The highest BCUT2D eigenvalue weighted by molar-refractivity contribution is 5.85. The van der Waals surface area contributed by atoms with Crippen molar-refractivity contribution in [1.82, 2.24) is 10.2 Å². The quantitative estimate of drug-likeness (QED) is 0.871. The fraction of sp³-hybridized carbons (Fsp3) is 0.588. The van der Waals surface area contributed by atoms with E-state index in [-0.39, 0.29) is 24.1 Å². The average molecular weight is 327 g/mol. The van der Waals surface area contributed by atoms with E-state index in [0.717, 1.165) is 32.4 Å². The van der Waals surface area contributed by atoms with E-state index in [9.17, 15) is 9.18 Å². The molecule has 3 rings (SSSR count). The molecule has 1 aromatic carbocycles. The zero-order valence-electron chi connectivity index (χ0n) is 12.8. The molecule has 1 heterocycles. The molecule has 2 aliphatic rings. The Hall–Kier alpha value is -1.13. The molecule has 1 aliphatic heterocycles. The van der Waals surface area contributed by atoms with Crippen molar-refractivity contribution in [3.05, 3.63) is 35.6 Å². The molecule has 1 aromatic rings. The van der Waals surface area contributed by atoms with Crippen LogP contribution in [-0.2, 0) is 11.3 Å². The highest BCUT2D eigenvalue weighted by atomic mass is 35.5. The first-order valence-electron chi connectivity index (χ1n) is 7.97. The molecule has 1 amide bonds. The van der Waals surface area contributed by atoms with Crippen LogP contribution in [0.25, 0.3) is 0 Å². The van der Waals surface area contributed by atoms with Gasteiger partial charge < -0.3 is 10.2 Å². The smallest absolute Gasteiger partial charge is 0.223 e. The summed E-state index contributed by atoms with van der Waals surface area (Å²) in [4.78, 5) is 14.4. The van der Waals surface area contributed by atoms with Crippen molar-refractivity contribution >= 4 is 18.3 Å². The Balaban J connectivity index is 0.00000176. The van der Waals surface area contributed by atoms with Crippen LogP contribution in [0.2, 0.25) is 0 Å². The summed E-state index contributed by atoms with van der Waals surface area (Å²) in [7, 11) is 0. The molecule has 0 bridgehead atoms. The number of rotatable bonds is 6. The lowest BCUT2D eigenvalue weighted by Crippen LogP contribution is -2.33. The van der Waals surface area contributed by atoms with Crippen molar-refractivity contribution in [2.75, 3.05) is 13.1 Å². The van der Waals surface area contributed by atoms with Crippen molar-refractivity contribution < 1.29 is 9.18 Å². The highest BCUT2D eigenvalue weighted by Crippen LogP contribution is 2.30. The van der Waals surface area contributed by atoms with Gasteiger partial charge in [-0.3, -0.25) is 4.79 Å². The number of amides is 1. The molecule has 1 unspecified atom stereocenters. The maximum atomic E-state index is 13.8. The number of carbonyl (C=O) groups is 1. The van der Waals surface area contributed by atoms with E-state index in [0.29, 0.717) is 30.5 Å². The van der Waals surface area contributed by atoms with E-state index < -0.39 is 0 Å². The zero-order valence-corrected chi connectivity index (χ0v) is 13.6. The van der Waals surface area contributed by atoms with E-state index in [4.69, 9.17) is 0 Å². The van der Waals surface area contributed by atoms with Crippen LogP contribution in [0.1, 0.15) is 37.7 Å². The number of carbonyl (C=O) groups excluding carboxylic acids is 1. The van der Waals surface area contributed by atoms with E-state index in [2.05, 4.69) is 5.32 Å². The summed E-state index contributed by atoms with van der Waals surface area (Å²) >= 11 is 0. The Bertz CT molecular complexity index is 501. The third-order valence-corrected chi connectivity index (χ3v) is 4.54. The first kappa shape index (κ1) is 17.2. The van der Waals surface area contributed by atoms with Gasteiger partial charge in [0.2, 0.25) is 5.91 Å². The Labute approximate surface area is 137 Å². The lowest BCUT2D eigenvalue weighted by molar-refractivity contribution is -0.132. The van der Waals surface area contributed by atoms with Gasteiger partial charge in [0, 0.05) is 24.6 Å². The van der Waals surface area contributed by atoms with Crippen molar-refractivity contribution in [3.8, 4) is 0 Å². The summed E-state index contributed by atoms with van der Waals surface area (Å²) in [5.74, 6) is 0.604. The maximum Gasteiger partial charge on any atom is 0.223 e. The van der Waals surface area contributed by atoms with E-state index in [1.54, 1.807) is 12.1 Å². The third kappa shape index (κ3) is 4.43. The molecule has 1 saturated heterocycles. The van der Waals surface area contributed by atoms with Gasteiger partial charge in [0.15, 0.2) is 0 Å². The monoisotopic (exact) mass is 326 g/mol. The van der Waals surface area contributed by atoms with Crippen LogP contribution >= 0.6 is 12.4 Å². The highest BCUT2D eigenvalue weighted by Gasteiger charge is 2.33. The number of hydrogen-bond donors (Lipinski definition) is 1. The summed E-state index contributed by atoms with van der Waals surface area (Å²) in [5, 5.41) is 3.33.